The first-order chi connectivity index (χ1) is 13.6. The minimum atomic E-state index is -3.71. The van der Waals surface area contributed by atoms with Gasteiger partial charge in [-0.05, 0) is 31.5 Å². The van der Waals surface area contributed by atoms with Crippen molar-refractivity contribution in [1.82, 2.24) is 4.57 Å². The fraction of sp³-hybridized carbons (Fsp3) is 0.250. The number of nitrogens with zero attached hydrogens (tertiary/aromatic N) is 4. The summed E-state index contributed by atoms with van der Waals surface area (Å²) in [5.74, 6) is -0.875. The third kappa shape index (κ3) is 4.14. The number of hydrogen-bond donors (Lipinski definition) is 1. The van der Waals surface area contributed by atoms with Crippen LogP contribution in [0.15, 0.2) is 52.7 Å². The normalized spacial score (nSPS) is 12.0. The SMILES string of the molecule is Cc1ccc(N(CC(=O)N=Nc2c(O)n(C)c3ccccc23)S(C)(=O)=O)c(C)c1. The molecule has 0 aliphatic rings. The van der Waals surface area contributed by atoms with E-state index in [-0.39, 0.29) is 11.6 Å². The molecule has 0 aliphatic heterocycles. The molecule has 0 saturated heterocycles. The molecule has 0 aliphatic carbocycles. The zero-order valence-corrected chi connectivity index (χ0v) is 17.4. The summed E-state index contributed by atoms with van der Waals surface area (Å²) >= 11 is 0. The lowest BCUT2D eigenvalue weighted by atomic mass is 10.1. The predicted molar refractivity (Wildman–Crippen MR) is 112 cm³/mol. The molecular formula is C20H22N4O4S. The van der Waals surface area contributed by atoms with Crippen molar-refractivity contribution in [2.24, 2.45) is 17.3 Å². The smallest absolute Gasteiger partial charge is 0.285 e. The van der Waals surface area contributed by atoms with Gasteiger partial charge in [0.15, 0.2) is 5.69 Å². The van der Waals surface area contributed by atoms with Crippen molar-refractivity contribution in [3.05, 3.63) is 53.6 Å². The van der Waals surface area contributed by atoms with Crippen LogP contribution in [0.25, 0.3) is 10.9 Å². The molecule has 0 unspecified atom stereocenters. The Kier molecular flexibility index (Phi) is 5.43. The van der Waals surface area contributed by atoms with Gasteiger partial charge in [0.25, 0.3) is 5.91 Å². The molecule has 0 spiro atoms. The Morgan fingerprint density at radius 1 is 1.17 bits per heavy atom. The lowest BCUT2D eigenvalue weighted by Crippen LogP contribution is -2.34. The lowest BCUT2D eigenvalue weighted by molar-refractivity contribution is -0.116. The highest BCUT2D eigenvalue weighted by Crippen LogP contribution is 2.37. The molecule has 2 aromatic carbocycles. The minimum absolute atomic E-state index is 0.128. The van der Waals surface area contributed by atoms with E-state index in [1.807, 2.05) is 19.1 Å². The van der Waals surface area contributed by atoms with Gasteiger partial charge in [0, 0.05) is 12.4 Å². The lowest BCUT2D eigenvalue weighted by Gasteiger charge is -2.22. The van der Waals surface area contributed by atoms with Crippen molar-refractivity contribution < 1.29 is 18.3 Å². The summed E-state index contributed by atoms with van der Waals surface area (Å²) in [5, 5.41) is 18.5. The van der Waals surface area contributed by atoms with Crippen LogP contribution >= 0.6 is 0 Å². The number of carbonyl (C=O) groups excluding carboxylic acids is 1. The minimum Gasteiger partial charge on any atom is -0.493 e. The van der Waals surface area contributed by atoms with Gasteiger partial charge in [0.1, 0.15) is 6.54 Å². The first-order valence-corrected chi connectivity index (χ1v) is 10.7. The van der Waals surface area contributed by atoms with Gasteiger partial charge in [-0.1, -0.05) is 35.9 Å². The molecule has 0 radical (unpaired) electrons. The summed E-state index contributed by atoms with van der Waals surface area (Å²) in [7, 11) is -2.04. The number of amides is 1. The number of fused-ring (bicyclic) bond motifs is 1. The van der Waals surface area contributed by atoms with Crippen molar-refractivity contribution in [3.63, 3.8) is 0 Å². The molecule has 1 heterocycles. The molecule has 0 atom stereocenters. The van der Waals surface area contributed by atoms with Crippen molar-refractivity contribution in [3.8, 4) is 5.88 Å². The second kappa shape index (κ2) is 7.67. The van der Waals surface area contributed by atoms with Crippen LogP contribution < -0.4 is 4.31 Å². The highest BCUT2D eigenvalue weighted by Gasteiger charge is 2.23. The Bertz CT molecular complexity index is 1230. The summed E-state index contributed by atoms with van der Waals surface area (Å²) in [4.78, 5) is 12.4. The van der Waals surface area contributed by atoms with Crippen molar-refractivity contribution in [2.75, 3.05) is 17.1 Å². The van der Waals surface area contributed by atoms with E-state index in [1.165, 1.54) is 4.57 Å². The summed E-state index contributed by atoms with van der Waals surface area (Å²) in [5.41, 5.74) is 3.02. The number of aromatic nitrogens is 1. The van der Waals surface area contributed by atoms with E-state index < -0.39 is 22.5 Å². The van der Waals surface area contributed by atoms with Gasteiger partial charge in [-0.25, -0.2) is 8.42 Å². The summed E-state index contributed by atoms with van der Waals surface area (Å²) in [6.07, 6.45) is 1.03. The standard InChI is InChI=1S/C20H22N4O4S/c1-13-9-10-16(14(2)11-13)24(29(4,27)28)12-18(25)21-22-19-15-7-5-6-8-17(15)23(3)20(19)26/h5-11,26H,12H2,1-4H3. The van der Waals surface area contributed by atoms with E-state index >= 15 is 0 Å². The fourth-order valence-electron chi connectivity index (χ4n) is 3.18. The van der Waals surface area contributed by atoms with Crippen molar-refractivity contribution >= 4 is 38.2 Å². The Balaban J connectivity index is 1.91. The van der Waals surface area contributed by atoms with Crippen LogP contribution in [0.1, 0.15) is 11.1 Å². The predicted octanol–water partition coefficient (Wildman–Crippen LogP) is 3.58. The number of anilines is 1. The molecular weight excluding hydrogens is 392 g/mol. The van der Waals surface area contributed by atoms with Crippen LogP contribution in [0.5, 0.6) is 5.88 Å². The van der Waals surface area contributed by atoms with Gasteiger partial charge in [0.05, 0.1) is 17.5 Å². The number of azo groups is 1. The molecule has 1 amide bonds. The van der Waals surface area contributed by atoms with Gasteiger partial charge in [-0.3, -0.25) is 9.10 Å². The molecule has 29 heavy (non-hydrogen) atoms. The highest BCUT2D eigenvalue weighted by molar-refractivity contribution is 7.92. The molecule has 3 rings (SSSR count). The van der Waals surface area contributed by atoms with Crippen LogP contribution in [0.3, 0.4) is 0 Å². The van der Waals surface area contributed by atoms with E-state index in [0.717, 1.165) is 27.2 Å². The quantitative estimate of drug-likeness (QED) is 0.644. The molecule has 9 heteroatoms. The van der Waals surface area contributed by atoms with E-state index in [0.29, 0.717) is 11.1 Å². The van der Waals surface area contributed by atoms with E-state index in [9.17, 15) is 18.3 Å². The van der Waals surface area contributed by atoms with E-state index in [2.05, 4.69) is 10.2 Å². The zero-order chi connectivity index (χ0) is 21.3. The third-order valence-electron chi connectivity index (χ3n) is 4.61. The van der Waals surface area contributed by atoms with Crippen LogP contribution in [0.4, 0.5) is 11.4 Å². The molecule has 0 saturated carbocycles. The molecule has 1 N–H and O–H groups in total. The monoisotopic (exact) mass is 414 g/mol. The number of benzene rings is 2. The Morgan fingerprint density at radius 3 is 2.52 bits per heavy atom. The molecule has 0 fully saturated rings. The molecule has 3 aromatic rings. The highest BCUT2D eigenvalue weighted by atomic mass is 32.2. The first kappa shape index (κ1) is 20.5. The number of rotatable bonds is 5. The van der Waals surface area contributed by atoms with Crippen molar-refractivity contribution in [2.45, 2.75) is 13.8 Å². The van der Waals surface area contributed by atoms with Gasteiger partial charge in [-0.15, -0.1) is 10.2 Å². The van der Waals surface area contributed by atoms with Gasteiger partial charge in [-0.2, -0.15) is 0 Å². The maximum Gasteiger partial charge on any atom is 0.285 e. The van der Waals surface area contributed by atoms with Crippen molar-refractivity contribution in [1.29, 1.82) is 0 Å². The molecule has 152 valence electrons. The molecule has 8 nitrogen and oxygen atoms in total. The molecule has 1 aromatic heterocycles. The second-order valence-corrected chi connectivity index (χ2v) is 8.81. The first-order valence-electron chi connectivity index (χ1n) is 8.85. The largest absolute Gasteiger partial charge is 0.493 e. The van der Waals surface area contributed by atoms with Crippen LogP contribution in [0.2, 0.25) is 0 Å². The van der Waals surface area contributed by atoms with Gasteiger partial charge in [0.2, 0.25) is 15.9 Å². The average molecular weight is 414 g/mol. The number of carbonyl (C=O) groups is 1. The topological polar surface area (TPSA) is 104 Å². The number of sulfonamides is 1. The maximum absolute atomic E-state index is 12.4. The number of aryl methyl sites for hydroxylation is 3. The summed E-state index contributed by atoms with van der Waals surface area (Å²) in [6.45, 7) is 3.19. The van der Waals surface area contributed by atoms with Gasteiger partial charge < -0.3 is 9.67 Å². The van der Waals surface area contributed by atoms with Gasteiger partial charge >= 0.3 is 0 Å². The van der Waals surface area contributed by atoms with Crippen LogP contribution in [0, 0.1) is 13.8 Å². The number of para-hydroxylation sites is 1. The zero-order valence-electron chi connectivity index (χ0n) is 16.6. The second-order valence-electron chi connectivity index (χ2n) is 6.90. The average Bonchev–Trinajstić information content (AvgIpc) is 2.89. The Morgan fingerprint density at radius 2 is 1.86 bits per heavy atom. The molecule has 0 bridgehead atoms. The number of hydrogen-bond acceptors (Lipinski definition) is 5. The summed E-state index contributed by atoms with van der Waals surface area (Å²) < 4.78 is 27.1. The Labute approximate surface area is 169 Å². The third-order valence-corrected chi connectivity index (χ3v) is 5.74. The number of aromatic hydroxyl groups is 1. The van der Waals surface area contributed by atoms with Crippen LogP contribution in [-0.4, -0.2) is 36.8 Å². The summed E-state index contributed by atoms with van der Waals surface area (Å²) in [6, 6.07) is 12.4. The van der Waals surface area contributed by atoms with E-state index in [4.69, 9.17) is 0 Å². The van der Waals surface area contributed by atoms with E-state index in [1.54, 1.807) is 44.3 Å². The Hall–Kier alpha value is -3.20. The maximum atomic E-state index is 12.4. The van der Waals surface area contributed by atoms with Crippen LogP contribution in [-0.2, 0) is 21.9 Å². The fourth-order valence-corrected chi connectivity index (χ4v) is 4.09.